The molecule has 0 bridgehead atoms. The number of carboxylic acid groups (broad SMARTS) is 1. The van der Waals surface area contributed by atoms with Crippen LogP contribution in [0.4, 0.5) is 13.2 Å². The summed E-state index contributed by atoms with van der Waals surface area (Å²) in [5.41, 5.74) is 0. The van der Waals surface area contributed by atoms with E-state index in [2.05, 4.69) is 0 Å². The predicted molar refractivity (Wildman–Crippen MR) is 50.9 cm³/mol. The van der Waals surface area contributed by atoms with Gasteiger partial charge in [-0.2, -0.15) is 13.2 Å². The molecule has 92 valence electrons. The summed E-state index contributed by atoms with van der Waals surface area (Å²) in [4.78, 5) is 21.1. The molecular weight excluding hydrogens is 247 g/mol. The maximum Gasteiger partial charge on any atom is 0.471 e. The fraction of sp³-hybridized carbons (Fsp3) is 0.750. The number of carbonyl (C=O) groups is 2. The molecule has 0 aromatic heterocycles. The Morgan fingerprint density at radius 3 is 2.31 bits per heavy atom. The number of amides is 1. The number of thioether (sulfide) groups is 1. The van der Waals surface area contributed by atoms with Crippen molar-refractivity contribution in [3.63, 3.8) is 0 Å². The van der Waals surface area contributed by atoms with E-state index in [1.165, 1.54) is 13.8 Å². The Morgan fingerprint density at radius 2 is 1.94 bits per heavy atom. The highest BCUT2D eigenvalue weighted by atomic mass is 32.2. The molecule has 0 aromatic carbocycles. The molecule has 8 heteroatoms. The number of hydrogen-bond acceptors (Lipinski definition) is 3. The molecule has 1 unspecified atom stereocenters. The van der Waals surface area contributed by atoms with Gasteiger partial charge in [0.25, 0.3) is 0 Å². The minimum Gasteiger partial charge on any atom is -0.480 e. The molecule has 16 heavy (non-hydrogen) atoms. The zero-order valence-electron chi connectivity index (χ0n) is 8.54. The molecule has 0 aromatic rings. The quantitative estimate of drug-likeness (QED) is 0.769. The van der Waals surface area contributed by atoms with Crippen LogP contribution in [0.15, 0.2) is 0 Å². The molecule has 0 saturated carbocycles. The highest BCUT2D eigenvalue weighted by Gasteiger charge is 2.54. The van der Waals surface area contributed by atoms with Crippen LogP contribution in [0.3, 0.4) is 0 Å². The minimum absolute atomic E-state index is 0.0375. The van der Waals surface area contributed by atoms with Crippen molar-refractivity contribution in [2.24, 2.45) is 0 Å². The molecular formula is C8H10F3NO3S. The predicted octanol–water partition coefficient (Wildman–Crippen LogP) is 1.31. The van der Waals surface area contributed by atoms with Crippen LogP contribution in [0.1, 0.15) is 13.8 Å². The van der Waals surface area contributed by atoms with Gasteiger partial charge in [0, 0.05) is 5.75 Å². The summed E-state index contributed by atoms with van der Waals surface area (Å²) in [5, 5.41) is 8.76. The number of halogens is 3. The lowest BCUT2D eigenvalue weighted by Gasteiger charge is -2.33. The first kappa shape index (κ1) is 13.1. The molecule has 1 atom stereocenters. The van der Waals surface area contributed by atoms with E-state index >= 15 is 0 Å². The fourth-order valence-electron chi connectivity index (χ4n) is 1.51. The van der Waals surface area contributed by atoms with Crippen molar-refractivity contribution >= 4 is 23.6 Å². The minimum atomic E-state index is -5.05. The average molecular weight is 257 g/mol. The fourth-order valence-corrected chi connectivity index (χ4v) is 2.71. The Morgan fingerprint density at radius 1 is 1.44 bits per heavy atom. The van der Waals surface area contributed by atoms with Crippen molar-refractivity contribution in [3.05, 3.63) is 0 Å². The first-order valence-corrected chi connectivity index (χ1v) is 5.33. The summed E-state index contributed by atoms with van der Waals surface area (Å²) in [6, 6.07) is -1.42. The molecule has 1 N–H and O–H groups in total. The van der Waals surface area contributed by atoms with Gasteiger partial charge >= 0.3 is 18.1 Å². The van der Waals surface area contributed by atoms with Gasteiger partial charge < -0.3 is 10.0 Å². The molecule has 0 radical (unpaired) electrons. The lowest BCUT2D eigenvalue weighted by atomic mass is 10.2. The second-order valence-corrected chi connectivity index (χ2v) is 5.41. The second kappa shape index (κ2) is 3.83. The van der Waals surface area contributed by atoms with E-state index in [1.807, 2.05) is 0 Å². The van der Waals surface area contributed by atoms with E-state index in [9.17, 15) is 22.8 Å². The standard InChI is InChI=1S/C8H10F3NO3S/c1-7(2)12(6(15)8(9,10)11)4(3-16-7)5(13)14/h4H,3H2,1-2H3,(H,13,14). The third kappa shape index (κ3) is 2.26. The molecule has 0 spiro atoms. The maximum atomic E-state index is 12.3. The number of hydrogen-bond donors (Lipinski definition) is 1. The van der Waals surface area contributed by atoms with Gasteiger partial charge in [0.1, 0.15) is 6.04 Å². The van der Waals surface area contributed by atoms with Gasteiger partial charge in [0.15, 0.2) is 0 Å². The van der Waals surface area contributed by atoms with Crippen LogP contribution in [0.25, 0.3) is 0 Å². The van der Waals surface area contributed by atoms with E-state index in [4.69, 9.17) is 5.11 Å². The smallest absolute Gasteiger partial charge is 0.471 e. The summed E-state index contributed by atoms with van der Waals surface area (Å²) in [6.07, 6.45) is -5.05. The molecule has 4 nitrogen and oxygen atoms in total. The number of carboxylic acids is 1. The Labute approximate surface area is 93.8 Å². The largest absolute Gasteiger partial charge is 0.480 e. The summed E-state index contributed by atoms with van der Waals surface area (Å²) in [7, 11) is 0. The summed E-state index contributed by atoms with van der Waals surface area (Å²) >= 11 is 1.01. The van der Waals surface area contributed by atoms with Crippen LogP contribution in [0, 0.1) is 0 Å². The van der Waals surface area contributed by atoms with Crippen molar-refractivity contribution in [2.45, 2.75) is 30.9 Å². The van der Waals surface area contributed by atoms with Gasteiger partial charge in [-0.05, 0) is 13.8 Å². The van der Waals surface area contributed by atoms with Gasteiger partial charge in [-0.1, -0.05) is 0 Å². The van der Waals surface area contributed by atoms with Crippen molar-refractivity contribution in [1.29, 1.82) is 0 Å². The van der Waals surface area contributed by atoms with E-state index < -0.39 is 29.0 Å². The zero-order chi connectivity index (χ0) is 12.7. The molecule has 1 rings (SSSR count). The van der Waals surface area contributed by atoms with E-state index in [-0.39, 0.29) is 5.75 Å². The van der Waals surface area contributed by atoms with Crippen molar-refractivity contribution < 1.29 is 27.9 Å². The van der Waals surface area contributed by atoms with Crippen molar-refractivity contribution in [2.75, 3.05) is 5.75 Å². The molecule has 1 aliphatic heterocycles. The SMILES string of the molecule is CC1(C)SCC(C(=O)O)N1C(=O)C(F)(F)F. The Balaban J connectivity index is 3.05. The number of carbonyl (C=O) groups excluding carboxylic acids is 1. The summed E-state index contributed by atoms with van der Waals surface area (Å²) in [6.45, 7) is 2.79. The average Bonchev–Trinajstić information content (AvgIpc) is 2.38. The zero-order valence-corrected chi connectivity index (χ0v) is 9.35. The van der Waals surface area contributed by atoms with Gasteiger partial charge in [0.2, 0.25) is 0 Å². The first-order chi connectivity index (χ1) is 7.07. The molecule has 0 aliphatic carbocycles. The monoisotopic (exact) mass is 257 g/mol. The first-order valence-electron chi connectivity index (χ1n) is 4.34. The molecule has 1 saturated heterocycles. The van der Waals surface area contributed by atoms with E-state index in [0.29, 0.717) is 4.90 Å². The summed E-state index contributed by atoms with van der Waals surface area (Å²) < 4.78 is 36.9. The van der Waals surface area contributed by atoms with Crippen LogP contribution in [-0.4, -0.2) is 44.7 Å². The second-order valence-electron chi connectivity index (χ2n) is 3.78. The van der Waals surface area contributed by atoms with Crippen LogP contribution >= 0.6 is 11.8 Å². The number of aliphatic carboxylic acids is 1. The van der Waals surface area contributed by atoms with Crippen molar-refractivity contribution in [3.8, 4) is 0 Å². The third-order valence-corrected chi connectivity index (χ3v) is 3.62. The molecule has 1 aliphatic rings. The van der Waals surface area contributed by atoms with Crippen LogP contribution in [0.5, 0.6) is 0 Å². The number of rotatable bonds is 1. The number of nitrogens with zero attached hydrogens (tertiary/aromatic N) is 1. The van der Waals surface area contributed by atoms with Crippen LogP contribution in [0.2, 0.25) is 0 Å². The number of alkyl halides is 3. The third-order valence-electron chi connectivity index (χ3n) is 2.23. The van der Waals surface area contributed by atoms with Gasteiger partial charge in [-0.25, -0.2) is 4.79 Å². The molecule has 1 amide bonds. The molecule has 1 fully saturated rings. The Kier molecular flexibility index (Phi) is 3.15. The van der Waals surface area contributed by atoms with E-state index in [0.717, 1.165) is 11.8 Å². The van der Waals surface area contributed by atoms with Gasteiger partial charge in [0.05, 0.1) is 4.87 Å². The topological polar surface area (TPSA) is 57.6 Å². The van der Waals surface area contributed by atoms with Gasteiger partial charge in [-0.15, -0.1) is 11.8 Å². The van der Waals surface area contributed by atoms with Gasteiger partial charge in [-0.3, -0.25) is 4.79 Å². The lowest BCUT2D eigenvalue weighted by molar-refractivity contribution is -0.191. The Hall–Kier alpha value is -0.920. The molecule has 1 heterocycles. The highest BCUT2D eigenvalue weighted by Crippen LogP contribution is 2.41. The van der Waals surface area contributed by atoms with Crippen LogP contribution < -0.4 is 0 Å². The normalized spacial score (nSPS) is 24.6. The summed E-state index contributed by atoms with van der Waals surface area (Å²) in [5.74, 6) is -3.56. The van der Waals surface area contributed by atoms with E-state index in [1.54, 1.807) is 0 Å². The van der Waals surface area contributed by atoms with Crippen molar-refractivity contribution in [1.82, 2.24) is 4.90 Å². The highest BCUT2D eigenvalue weighted by molar-refractivity contribution is 8.00. The lowest BCUT2D eigenvalue weighted by Crippen LogP contribution is -2.54. The maximum absolute atomic E-state index is 12.3. The Bertz CT molecular complexity index is 329. The van der Waals surface area contributed by atoms with Crippen LogP contribution in [-0.2, 0) is 9.59 Å².